The maximum Gasteiger partial charge on any atom is 0.236 e. The van der Waals surface area contributed by atoms with E-state index in [1.807, 2.05) is 4.90 Å². The first-order valence-electron chi connectivity index (χ1n) is 7.12. The normalized spacial score (nSPS) is 12.8. The van der Waals surface area contributed by atoms with Crippen LogP contribution >= 0.6 is 0 Å². The zero-order valence-corrected chi connectivity index (χ0v) is 12.7. The molecule has 0 saturated carbocycles. The number of rotatable bonds is 10. The predicted octanol–water partition coefficient (Wildman–Crippen LogP) is 2.04. The molecule has 0 aromatic carbocycles. The average molecular weight is 258 g/mol. The van der Waals surface area contributed by atoms with Crippen LogP contribution in [0.3, 0.4) is 0 Å². The van der Waals surface area contributed by atoms with Gasteiger partial charge in [-0.1, -0.05) is 20.8 Å². The maximum atomic E-state index is 12.2. The average Bonchev–Trinajstić information content (AvgIpc) is 2.40. The van der Waals surface area contributed by atoms with E-state index in [0.29, 0.717) is 31.8 Å². The van der Waals surface area contributed by atoms with Gasteiger partial charge in [-0.05, 0) is 26.2 Å². The standard InChI is InChI=1S/C14H30N2O2/c1-6-12(4)15-11-14(17)16(9-10-18-5)13(7-2)8-3/h12-13,15H,6-11H2,1-5H3. The van der Waals surface area contributed by atoms with Crippen LogP contribution in [0.1, 0.15) is 47.0 Å². The molecular weight excluding hydrogens is 228 g/mol. The van der Waals surface area contributed by atoms with Crippen molar-refractivity contribution in [3.63, 3.8) is 0 Å². The largest absolute Gasteiger partial charge is 0.383 e. The molecule has 0 aliphatic carbocycles. The van der Waals surface area contributed by atoms with Gasteiger partial charge in [0.1, 0.15) is 0 Å². The van der Waals surface area contributed by atoms with Crippen molar-refractivity contribution in [2.45, 2.75) is 59.0 Å². The fraction of sp³-hybridized carbons (Fsp3) is 0.929. The molecule has 0 rings (SSSR count). The fourth-order valence-corrected chi connectivity index (χ4v) is 1.94. The Kier molecular flexibility index (Phi) is 9.98. The van der Waals surface area contributed by atoms with Gasteiger partial charge in [0.15, 0.2) is 0 Å². The van der Waals surface area contributed by atoms with Gasteiger partial charge in [-0.15, -0.1) is 0 Å². The third-order valence-electron chi connectivity index (χ3n) is 3.45. The molecule has 1 amide bonds. The molecule has 1 N–H and O–H groups in total. The molecule has 0 spiro atoms. The lowest BCUT2D eigenvalue weighted by Gasteiger charge is -2.31. The van der Waals surface area contributed by atoms with Crippen molar-refractivity contribution in [2.24, 2.45) is 0 Å². The van der Waals surface area contributed by atoms with Crippen molar-refractivity contribution in [3.8, 4) is 0 Å². The van der Waals surface area contributed by atoms with E-state index in [0.717, 1.165) is 19.3 Å². The van der Waals surface area contributed by atoms with E-state index in [2.05, 4.69) is 33.0 Å². The van der Waals surface area contributed by atoms with Crippen molar-refractivity contribution in [1.82, 2.24) is 10.2 Å². The molecule has 0 radical (unpaired) electrons. The Bertz CT molecular complexity index is 218. The van der Waals surface area contributed by atoms with E-state index in [1.54, 1.807) is 7.11 Å². The molecular formula is C14H30N2O2. The van der Waals surface area contributed by atoms with Gasteiger partial charge in [0.25, 0.3) is 0 Å². The molecule has 0 aliphatic rings. The van der Waals surface area contributed by atoms with E-state index in [1.165, 1.54) is 0 Å². The van der Waals surface area contributed by atoms with E-state index in [4.69, 9.17) is 4.74 Å². The molecule has 0 aromatic heterocycles. The molecule has 4 heteroatoms. The monoisotopic (exact) mass is 258 g/mol. The lowest BCUT2D eigenvalue weighted by atomic mass is 10.1. The van der Waals surface area contributed by atoms with Crippen LogP contribution in [0.15, 0.2) is 0 Å². The number of carbonyl (C=O) groups is 1. The Morgan fingerprint density at radius 1 is 1.22 bits per heavy atom. The summed E-state index contributed by atoms with van der Waals surface area (Å²) in [6, 6.07) is 0.714. The third-order valence-corrected chi connectivity index (χ3v) is 3.45. The highest BCUT2D eigenvalue weighted by molar-refractivity contribution is 5.78. The Labute approximate surface area is 112 Å². The van der Waals surface area contributed by atoms with Crippen LogP contribution in [-0.2, 0) is 9.53 Å². The minimum absolute atomic E-state index is 0.182. The Morgan fingerprint density at radius 3 is 2.28 bits per heavy atom. The van der Waals surface area contributed by atoms with E-state index in [9.17, 15) is 4.79 Å². The Morgan fingerprint density at radius 2 is 1.83 bits per heavy atom. The quantitative estimate of drug-likeness (QED) is 0.652. The number of methoxy groups -OCH3 is 1. The highest BCUT2D eigenvalue weighted by atomic mass is 16.5. The van der Waals surface area contributed by atoms with Crippen LogP contribution in [0.5, 0.6) is 0 Å². The van der Waals surface area contributed by atoms with Gasteiger partial charge in [-0.2, -0.15) is 0 Å². The molecule has 1 atom stereocenters. The van der Waals surface area contributed by atoms with Crippen LogP contribution in [0.2, 0.25) is 0 Å². The topological polar surface area (TPSA) is 41.6 Å². The molecule has 0 aliphatic heterocycles. The summed E-state index contributed by atoms with van der Waals surface area (Å²) in [5.74, 6) is 0.182. The van der Waals surface area contributed by atoms with Crippen LogP contribution in [0.4, 0.5) is 0 Å². The second-order valence-corrected chi connectivity index (χ2v) is 4.74. The van der Waals surface area contributed by atoms with Crippen molar-refractivity contribution in [1.29, 1.82) is 0 Å². The summed E-state index contributed by atoms with van der Waals surface area (Å²) in [6.07, 6.45) is 3.03. The van der Waals surface area contributed by atoms with E-state index >= 15 is 0 Å². The van der Waals surface area contributed by atoms with Gasteiger partial charge in [-0.25, -0.2) is 0 Å². The molecule has 108 valence electrons. The van der Waals surface area contributed by atoms with Gasteiger partial charge < -0.3 is 15.0 Å². The molecule has 0 bridgehead atoms. The third kappa shape index (κ3) is 6.36. The van der Waals surface area contributed by atoms with Crippen LogP contribution in [0, 0.1) is 0 Å². The van der Waals surface area contributed by atoms with Crippen molar-refractivity contribution in [3.05, 3.63) is 0 Å². The first-order chi connectivity index (χ1) is 8.60. The lowest BCUT2D eigenvalue weighted by molar-refractivity contribution is -0.133. The number of nitrogens with zero attached hydrogens (tertiary/aromatic N) is 1. The van der Waals surface area contributed by atoms with Crippen molar-refractivity contribution in [2.75, 3.05) is 26.8 Å². The summed E-state index contributed by atoms with van der Waals surface area (Å²) < 4.78 is 5.09. The number of amides is 1. The molecule has 0 fully saturated rings. The van der Waals surface area contributed by atoms with Crippen LogP contribution in [0.25, 0.3) is 0 Å². The van der Waals surface area contributed by atoms with Gasteiger partial charge in [-0.3, -0.25) is 4.79 Å². The van der Waals surface area contributed by atoms with E-state index < -0.39 is 0 Å². The highest BCUT2D eigenvalue weighted by Crippen LogP contribution is 2.08. The van der Waals surface area contributed by atoms with Gasteiger partial charge >= 0.3 is 0 Å². The fourth-order valence-electron chi connectivity index (χ4n) is 1.94. The first kappa shape index (κ1) is 17.4. The summed E-state index contributed by atoms with van der Waals surface area (Å²) in [6.45, 7) is 10.2. The number of nitrogens with one attached hydrogen (secondary N) is 1. The minimum Gasteiger partial charge on any atom is -0.383 e. The lowest BCUT2D eigenvalue weighted by Crippen LogP contribution is -2.47. The summed E-state index contributed by atoms with van der Waals surface area (Å²) >= 11 is 0. The number of hydrogen-bond donors (Lipinski definition) is 1. The van der Waals surface area contributed by atoms with Crippen molar-refractivity contribution < 1.29 is 9.53 Å². The predicted molar refractivity (Wildman–Crippen MR) is 75.7 cm³/mol. The zero-order chi connectivity index (χ0) is 14.0. The second-order valence-electron chi connectivity index (χ2n) is 4.74. The molecule has 0 saturated heterocycles. The smallest absolute Gasteiger partial charge is 0.236 e. The molecule has 4 nitrogen and oxygen atoms in total. The number of carbonyl (C=O) groups excluding carboxylic acids is 1. The van der Waals surface area contributed by atoms with Crippen molar-refractivity contribution >= 4 is 5.91 Å². The number of ether oxygens (including phenoxy) is 1. The SMILES string of the molecule is CCC(C)NCC(=O)N(CCOC)C(CC)CC. The van der Waals surface area contributed by atoms with Crippen LogP contribution < -0.4 is 5.32 Å². The summed E-state index contributed by atoms with van der Waals surface area (Å²) in [5, 5.41) is 3.26. The summed E-state index contributed by atoms with van der Waals surface area (Å²) in [5.41, 5.74) is 0. The Balaban J connectivity index is 4.38. The van der Waals surface area contributed by atoms with Crippen LogP contribution in [-0.4, -0.2) is 49.7 Å². The second kappa shape index (κ2) is 10.3. The molecule has 1 unspecified atom stereocenters. The molecule has 0 aromatic rings. The summed E-state index contributed by atoms with van der Waals surface area (Å²) in [7, 11) is 1.67. The minimum atomic E-state index is 0.182. The number of hydrogen-bond acceptors (Lipinski definition) is 3. The van der Waals surface area contributed by atoms with Gasteiger partial charge in [0.05, 0.1) is 13.2 Å². The van der Waals surface area contributed by atoms with E-state index in [-0.39, 0.29) is 5.91 Å². The molecule has 18 heavy (non-hydrogen) atoms. The Hall–Kier alpha value is -0.610. The highest BCUT2D eigenvalue weighted by Gasteiger charge is 2.20. The molecule has 0 heterocycles. The summed E-state index contributed by atoms with van der Waals surface area (Å²) in [4.78, 5) is 14.2. The first-order valence-corrected chi connectivity index (χ1v) is 7.12. The van der Waals surface area contributed by atoms with Gasteiger partial charge in [0.2, 0.25) is 5.91 Å². The zero-order valence-electron chi connectivity index (χ0n) is 12.7. The maximum absolute atomic E-state index is 12.2. The van der Waals surface area contributed by atoms with Gasteiger partial charge in [0, 0.05) is 25.7 Å².